The second kappa shape index (κ2) is 5.44. The van der Waals surface area contributed by atoms with Crippen molar-refractivity contribution >= 4 is 0 Å². The molecule has 0 radical (unpaired) electrons. The molecule has 4 aliphatic carbocycles. The Bertz CT molecular complexity index is 503. The molecule has 3 N–H and O–H groups in total. The van der Waals surface area contributed by atoms with Crippen molar-refractivity contribution in [1.82, 2.24) is 0 Å². The molecule has 3 heteroatoms. The van der Waals surface area contributed by atoms with Crippen LogP contribution >= 0.6 is 0 Å². The monoisotopic (exact) mass is 336 g/mol. The summed E-state index contributed by atoms with van der Waals surface area (Å²) in [5, 5.41) is 31.1. The summed E-state index contributed by atoms with van der Waals surface area (Å²) in [6.45, 7) is 6.99. The number of aliphatic hydroxyl groups excluding tert-OH is 2. The Hall–Kier alpha value is -0.120. The molecule has 0 spiro atoms. The first-order chi connectivity index (χ1) is 11.2. The predicted molar refractivity (Wildman–Crippen MR) is 94.3 cm³/mol. The van der Waals surface area contributed by atoms with Gasteiger partial charge in [-0.25, -0.2) is 0 Å². The molecule has 4 fully saturated rings. The fraction of sp³-hybridized carbons (Fsp3) is 1.00. The topological polar surface area (TPSA) is 60.7 Å². The normalized spacial score (nSPS) is 60.2. The highest BCUT2D eigenvalue weighted by Crippen LogP contribution is 2.68. The summed E-state index contributed by atoms with van der Waals surface area (Å²) in [4.78, 5) is 0. The fourth-order valence-electron chi connectivity index (χ4n) is 7.85. The van der Waals surface area contributed by atoms with Crippen LogP contribution in [0.2, 0.25) is 0 Å². The van der Waals surface area contributed by atoms with Gasteiger partial charge in [-0.1, -0.05) is 13.8 Å². The largest absolute Gasteiger partial charge is 0.396 e. The Morgan fingerprint density at radius 2 is 1.67 bits per heavy atom. The van der Waals surface area contributed by atoms with Crippen LogP contribution in [0.3, 0.4) is 0 Å². The van der Waals surface area contributed by atoms with Gasteiger partial charge in [0, 0.05) is 12.5 Å². The van der Waals surface area contributed by atoms with Gasteiger partial charge in [0.1, 0.15) is 0 Å². The smallest absolute Gasteiger partial charge is 0.0675 e. The molecule has 4 rings (SSSR count). The lowest BCUT2D eigenvalue weighted by atomic mass is 9.43. The van der Waals surface area contributed by atoms with E-state index in [9.17, 15) is 15.3 Å². The minimum Gasteiger partial charge on any atom is -0.396 e. The van der Waals surface area contributed by atoms with Gasteiger partial charge in [0.2, 0.25) is 0 Å². The van der Waals surface area contributed by atoms with Gasteiger partial charge in [0.15, 0.2) is 0 Å². The van der Waals surface area contributed by atoms with E-state index in [2.05, 4.69) is 20.8 Å². The summed E-state index contributed by atoms with van der Waals surface area (Å²) >= 11 is 0. The third kappa shape index (κ3) is 2.13. The van der Waals surface area contributed by atoms with E-state index in [1.807, 2.05) is 0 Å². The second-order valence-electron chi connectivity index (χ2n) is 10.4. The quantitative estimate of drug-likeness (QED) is 0.688. The van der Waals surface area contributed by atoms with Crippen LogP contribution in [-0.2, 0) is 0 Å². The molecule has 4 aliphatic rings. The Balaban J connectivity index is 1.63. The molecule has 24 heavy (non-hydrogen) atoms. The van der Waals surface area contributed by atoms with E-state index in [-0.39, 0.29) is 29.5 Å². The average molecular weight is 337 g/mol. The Morgan fingerprint density at radius 1 is 0.958 bits per heavy atom. The molecule has 0 saturated heterocycles. The number of rotatable bonds is 1. The first-order valence-electron chi connectivity index (χ1n) is 10.2. The first-order valence-corrected chi connectivity index (χ1v) is 10.2. The van der Waals surface area contributed by atoms with Crippen molar-refractivity contribution in [2.75, 3.05) is 6.61 Å². The first kappa shape index (κ1) is 17.3. The van der Waals surface area contributed by atoms with Gasteiger partial charge in [-0.15, -0.1) is 0 Å². The maximum absolute atomic E-state index is 11.0. The van der Waals surface area contributed by atoms with Crippen LogP contribution in [0.1, 0.15) is 72.1 Å². The summed E-state index contributed by atoms with van der Waals surface area (Å²) in [5.74, 6) is 2.77. The third-order valence-corrected chi connectivity index (χ3v) is 9.63. The summed E-state index contributed by atoms with van der Waals surface area (Å²) in [5.41, 5.74) is -0.149. The number of hydrogen-bond acceptors (Lipinski definition) is 3. The number of hydrogen-bond donors (Lipinski definition) is 3. The summed E-state index contributed by atoms with van der Waals surface area (Å²) in [7, 11) is 0. The lowest BCUT2D eigenvalue weighted by Gasteiger charge is -2.62. The van der Waals surface area contributed by atoms with Crippen LogP contribution in [0, 0.1) is 40.4 Å². The van der Waals surface area contributed by atoms with Crippen LogP contribution in [0.25, 0.3) is 0 Å². The van der Waals surface area contributed by atoms with Crippen LogP contribution in [0.15, 0.2) is 0 Å². The van der Waals surface area contributed by atoms with Gasteiger partial charge in [-0.2, -0.15) is 0 Å². The zero-order chi connectivity index (χ0) is 17.3. The Kier molecular flexibility index (Phi) is 3.92. The van der Waals surface area contributed by atoms with Crippen LogP contribution in [0.4, 0.5) is 0 Å². The molecular weight excluding hydrogens is 300 g/mol. The van der Waals surface area contributed by atoms with E-state index < -0.39 is 5.60 Å². The molecule has 138 valence electrons. The zero-order valence-electron chi connectivity index (χ0n) is 15.7. The van der Waals surface area contributed by atoms with Gasteiger partial charge in [0.05, 0.1) is 11.7 Å². The lowest BCUT2D eigenvalue weighted by Crippen LogP contribution is -2.57. The highest BCUT2D eigenvalue weighted by molar-refractivity contribution is 5.13. The molecule has 0 aliphatic heterocycles. The highest BCUT2D eigenvalue weighted by atomic mass is 16.3. The molecule has 0 aromatic heterocycles. The van der Waals surface area contributed by atoms with Gasteiger partial charge < -0.3 is 15.3 Å². The second-order valence-corrected chi connectivity index (χ2v) is 10.4. The molecule has 0 unspecified atom stereocenters. The summed E-state index contributed by atoms with van der Waals surface area (Å²) < 4.78 is 0. The average Bonchev–Trinajstić information content (AvgIpc) is 2.77. The van der Waals surface area contributed by atoms with Crippen molar-refractivity contribution in [3.05, 3.63) is 0 Å². The Labute approximate surface area is 146 Å². The van der Waals surface area contributed by atoms with E-state index in [1.54, 1.807) is 0 Å². The van der Waals surface area contributed by atoms with Crippen molar-refractivity contribution < 1.29 is 15.3 Å². The molecule has 9 atom stereocenters. The molecule has 0 aromatic carbocycles. The van der Waals surface area contributed by atoms with Gasteiger partial charge in [-0.05, 0) is 92.8 Å². The van der Waals surface area contributed by atoms with Gasteiger partial charge >= 0.3 is 0 Å². The van der Waals surface area contributed by atoms with E-state index in [0.29, 0.717) is 17.8 Å². The minimum absolute atomic E-state index is 0.0602. The third-order valence-electron chi connectivity index (χ3n) is 9.63. The van der Waals surface area contributed by atoms with E-state index in [4.69, 9.17) is 0 Å². The lowest BCUT2D eigenvalue weighted by molar-refractivity contribution is -0.166. The fourth-order valence-corrected chi connectivity index (χ4v) is 7.85. The number of fused-ring (bicyclic) bond motifs is 5. The van der Waals surface area contributed by atoms with Crippen LogP contribution in [-0.4, -0.2) is 33.6 Å². The van der Waals surface area contributed by atoms with Crippen LogP contribution < -0.4 is 0 Å². The van der Waals surface area contributed by atoms with E-state index in [0.717, 1.165) is 31.6 Å². The van der Waals surface area contributed by atoms with E-state index >= 15 is 0 Å². The van der Waals surface area contributed by atoms with E-state index in [1.165, 1.54) is 25.7 Å². The van der Waals surface area contributed by atoms with Crippen molar-refractivity contribution in [2.24, 2.45) is 40.4 Å². The van der Waals surface area contributed by atoms with Crippen molar-refractivity contribution in [3.8, 4) is 0 Å². The van der Waals surface area contributed by atoms with Crippen molar-refractivity contribution in [1.29, 1.82) is 0 Å². The zero-order valence-corrected chi connectivity index (χ0v) is 15.7. The molecule has 0 bridgehead atoms. The maximum atomic E-state index is 11.0. The molecular formula is C21H36O3. The van der Waals surface area contributed by atoms with Crippen molar-refractivity contribution in [2.45, 2.75) is 83.8 Å². The molecule has 0 aromatic rings. The molecule has 3 nitrogen and oxygen atoms in total. The van der Waals surface area contributed by atoms with Gasteiger partial charge in [-0.3, -0.25) is 0 Å². The maximum Gasteiger partial charge on any atom is 0.0675 e. The number of aliphatic hydroxyl groups is 3. The van der Waals surface area contributed by atoms with Gasteiger partial charge in [0.25, 0.3) is 0 Å². The Morgan fingerprint density at radius 3 is 2.38 bits per heavy atom. The predicted octanol–water partition coefficient (Wildman–Crippen LogP) is 3.36. The molecule has 0 heterocycles. The minimum atomic E-state index is -0.503. The molecule has 0 amide bonds. The summed E-state index contributed by atoms with van der Waals surface area (Å²) in [6, 6.07) is 0. The standard InChI is InChI=1S/C21H36O3/c1-19-11-13(12-22)18(23)10-14(19)4-5-15-16(19)6-8-20(2)17(15)7-9-21(20,3)24/h13-18,22-24H,4-12H2,1-3H3/t13-,14+,15-,16+,17+,18-,19+,20+,21-/m1/s1. The van der Waals surface area contributed by atoms with Crippen LogP contribution in [0.5, 0.6) is 0 Å². The van der Waals surface area contributed by atoms with Crippen molar-refractivity contribution in [3.63, 3.8) is 0 Å². The highest BCUT2D eigenvalue weighted by Gasteiger charge is 2.63. The SMILES string of the molecule is C[C@]12C[C@H](CO)[C@H](O)C[C@@H]1CC[C@@H]1[C@@H]2CC[C@@]2(C)[C@H]1CC[C@@]2(C)O. The summed E-state index contributed by atoms with van der Waals surface area (Å²) in [6.07, 6.45) is 8.54. The molecule has 4 saturated carbocycles.